The first-order valence-corrected chi connectivity index (χ1v) is 6.92. The maximum atomic E-state index is 6.12. The number of aliphatic imine (C=N–C) groups is 1. The number of pyridine rings is 1. The van der Waals surface area contributed by atoms with Crippen molar-refractivity contribution >= 4 is 22.5 Å². The van der Waals surface area contributed by atoms with Crippen LogP contribution in [-0.4, -0.2) is 20.3 Å². The van der Waals surface area contributed by atoms with Crippen LogP contribution in [0.4, 0.5) is 5.69 Å². The Bertz CT molecular complexity index is 722. The summed E-state index contributed by atoms with van der Waals surface area (Å²) in [5.41, 5.74) is 1.92. The lowest BCUT2D eigenvalue weighted by molar-refractivity contribution is 0.365. The summed E-state index contributed by atoms with van der Waals surface area (Å²) < 4.78 is 5.21. The fraction of sp³-hybridized carbons (Fsp3) is 0.286. The normalized spacial score (nSPS) is 18.1. The zero-order valence-corrected chi connectivity index (χ0v) is 12.4. The van der Waals surface area contributed by atoms with Crippen molar-refractivity contribution in [1.82, 2.24) is 15.1 Å². The van der Waals surface area contributed by atoms with Gasteiger partial charge in [-0.1, -0.05) is 16.8 Å². The van der Waals surface area contributed by atoms with E-state index in [0.29, 0.717) is 29.1 Å². The molecule has 21 heavy (non-hydrogen) atoms. The Hall–Kier alpha value is -2.21. The Labute approximate surface area is 127 Å². The minimum absolute atomic E-state index is 0.0727. The van der Waals surface area contributed by atoms with E-state index >= 15 is 0 Å². The number of aromatic nitrogens is 3. The van der Waals surface area contributed by atoms with E-state index in [1.54, 1.807) is 19.3 Å². The van der Waals surface area contributed by atoms with Crippen LogP contribution in [0.1, 0.15) is 29.6 Å². The molecule has 0 unspecified atom stereocenters. The molecular formula is C14H14ClN5O. The summed E-state index contributed by atoms with van der Waals surface area (Å²) >= 11 is 6.12. The van der Waals surface area contributed by atoms with Crippen LogP contribution in [0.15, 0.2) is 39.9 Å². The topological polar surface area (TPSA) is 76.2 Å². The highest BCUT2D eigenvalue weighted by Gasteiger charge is 2.22. The lowest BCUT2D eigenvalue weighted by Gasteiger charge is -2.16. The molecule has 3 rings (SSSR count). The molecule has 0 aromatic carbocycles. The van der Waals surface area contributed by atoms with Crippen molar-refractivity contribution in [3.63, 3.8) is 0 Å². The SMILES string of the molecule is Cc1cncc(NC2=C[C@H](c3nc(C)no3)CC(Cl)=N2)c1. The number of hydrogen-bond donors (Lipinski definition) is 1. The van der Waals surface area contributed by atoms with Crippen LogP contribution in [0.25, 0.3) is 0 Å². The molecule has 1 aliphatic heterocycles. The number of aryl methyl sites for hydroxylation is 2. The summed E-state index contributed by atoms with van der Waals surface area (Å²) in [6, 6.07) is 1.98. The molecule has 0 radical (unpaired) electrons. The highest BCUT2D eigenvalue weighted by atomic mass is 35.5. The fourth-order valence-electron chi connectivity index (χ4n) is 2.11. The van der Waals surface area contributed by atoms with Crippen molar-refractivity contribution in [3.05, 3.63) is 47.6 Å². The minimum atomic E-state index is -0.0727. The van der Waals surface area contributed by atoms with E-state index < -0.39 is 0 Å². The number of anilines is 1. The Kier molecular flexibility index (Phi) is 3.70. The van der Waals surface area contributed by atoms with Gasteiger partial charge in [0.1, 0.15) is 11.0 Å². The second-order valence-electron chi connectivity index (χ2n) is 4.91. The highest BCUT2D eigenvalue weighted by molar-refractivity contribution is 6.65. The van der Waals surface area contributed by atoms with Gasteiger partial charge in [0, 0.05) is 12.6 Å². The van der Waals surface area contributed by atoms with Crippen molar-refractivity contribution in [3.8, 4) is 0 Å². The van der Waals surface area contributed by atoms with E-state index in [2.05, 4.69) is 25.4 Å². The van der Waals surface area contributed by atoms with Crippen molar-refractivity contribution in [2.24, 2.45) is 4.99 Å². The van der Waals surface area contributed by atoms with E-state index in [-0.39, 0.29) is 5.92 Å². The standard InChI is InChI=1S/C14H14ClN5O/c1-8-3-11(7-16-6-8)18-13-5-10(4-12(15)19-13)14-17-9(2)20-21-14/h3,5-7,10,18H,4H2,1-2H3/t10-/m1/s1. The summed E-state index contributed by atoms with van der Waals surface area (Å²) in [4.78, 5) is 12.7. The van der Waals surface area contributed by atoms with Crippen molar-refractivity contribution < 1.29 is 4.52 Å². The van der Waals surface area contributed by atoms with E-state index in [4.69, 9.17) is 16.1 Å². The quantitative estimate of drug-likeness (QED) is 0.942. The molecule has 0 fully saturated rings. The second kappa shape index (κ2) is 5.65. The third kappa shape index (κ3) is 3.28. The van der Waals surface area contributed by atoms with Gasteiger partial charge in [0.15, 0.2) is 5.82 Å². The van der Waals surface area contributed by atoms with Crippen molar-refractivity contribution in [2.45, 2.75) is 26.2 Å². The largest absolute Gasteiger partial charge is 0.339 e. The lowest BCUT2D eigenvalue weighted by Crippen LogP contribution is -2.11. The molecule has 0 saturated heterocycles. The average molecular weight is 304 g/mol. The molecule has 0 spiro atoms. The van der Waals surface area contributed by atoms with Crippen LogP contribution in [-0.2, 0) is 0 Å². The van der Waals surface area contributed by atoms with Gasteiger partial charge in [0.25, 0.3) is 0 Å². The van der Waals surface area contributed by atoms with Gasteiger partial charge in [-0.25, -0.2) is 4.99 Å². The zero-order valence-electron chi connectivity index (χ0n) is 11.7. The van der Waals surface area contributed by atoms with Crippen LogP contribution >= 0.6 is 11.6 Å². The van der Waals surface area contributed by atoms with Crippen molar-refractivity contribution in [2.75, 3.05) is 5.32 Å². The van der Waals surface area contributed by atoms with Gasteiger partial charge in [0.2, 0.25) is 5.89 Å². The molecule has 0 saturated carbocycles. The number of rotatable bonds is 3. The molecule has 0 amide bonds. The Balaban J connectivity index is 1.84. The molecule has 2 aromatic heterocycles. The van der Waals surface area contributed by atoms with Gasteiger partial charge in [0.05, 0.1) is 17.8 Å². The molecule has 0 bridgehead atoms. The number of allylic oxidation sites excluding steroid dienone is 1. The van der Waals surface area contributed by atoms with Gasteiger partial charge >= 0.3 is 0 Å². The number of nitrogens with zero attached hydrogens (tertiary/aromatic N) is 4. The second-order valence-corrected chi connectivity index (χ2v) is 5.34. The molecule has 3 heterocycles. The maximum Gasteiger partial charge on any atom is 0.234 e. The first-order chi connectivity index (χ1) is 10.1. The summed E-state index contributed by atoms with van der Waals surface area (Å²) in [5, 5.41) is 7.51. The first-order valence-electron chi connectivity index (χ1n) is 6.54. The predicted molar refractivity (Wildman–Crippen MR) is 80.4 cm³/mol. The monoisotopic (exact) mass is 303 g/mol. The number of hydrogen-bond acceptors (Lipinski definition) is 6. The van der Waals surface area contributed by atoms with Crippen LogP contribution < -0.4 is 5.32 Å². The third-order valence-corrected chi connectivity index (χ3v) is 3.24. The lowest BCUT2D eigenvalue weighted by atomic mass is 10.0. The van der Waals surface area contributed by atoms with E-state index in [1.165, 1.54) is 0 Å². The molecule has 0 aliphatic carbocycles. The minimum Gasteiger partial charge on any atom is -0.339 e. The maximum absolute atomic E-state index is 6.12. The van der Waals surface area contributed by atoms with Crippen LogP contribution in [0, 0.1) is 13.8 Å². The predicted octanol–water partition coefficient (Wildman–Crippen LogP) is 3.16. The molecule has 1 N–H and O–H groups in total. The number of halogens is 1. The highest BCUT2D eigenvalue weighted by Crippen LogP contribution is 2.28. The van der Waals surface area contributed by atoms with E-state index in [9.17, 15) is 0 Å². The van der Waals surface area contributed by atoms with Gasteiger partial charge in [-0.05, 0) is 31.6 Å². The summed E-state index contributed by atoms with van der Waals surface area (Å²) in [7, 11) is 0. The van der Waals surface area contributed by atoms with Crippen LogP contribution in [0.2, 0.25) is 0 Å². The molecule has 6 nitrogen and oxygen atoms in total. The van der Waals surface area contributed by atoms with Gasteiger partial charge in [-0.15, -0.1) is 0 Å². The number of nitrogens with one attached hydrogen (secondary N) is 1. The van der Waals surface area contributed by atoms with Crippen molar-refractivity contribution in [1.29, 1.82) is 0 Å². The zero-order chi connectivity index (χ0) is 14.8. The van der Waals surface area contributed by atoms with Crippen LogP contribution in [0.5, 0.6) is 0 Å². The fourth-order valence-corrected chi connectivity index (χ4v) is 2.36. The molecule has 1 atom stereocenters. The van der Waals surface area contributed by atoms with Crippen LogP contribution in [0.3, 0.4) is 0 Å². The molecule has 108 valence electrons. The third-order valence-electron chi connectivity index (χ3n) is 3.00. The summed E-state index contributed by atoms with van der Waals surface area (Å²) in [6.45, 7) is 3.76. The molecular weight excluding hydrogens is 290 g/mol. The van der Waals surface area contributed by atoms with E-state index in [0.717, 1.165) is 11.3 Å². The van der Waals surface area contributed by atoms with E-state index in [1.807, 2.05) is 19.1 Å². The summed E-state index contributed by atoms with van der Waals surface area (Å²) in [6.07, 6.45) is 6.01. The van der Waals surface area contributed by atoms with Gasteiger partial charge < -0.3 is 9.84 Å². The molecule has 1 aliphatic rings. The Morgan fingerprint density at radius 3 is 2.90 bits per heavy atom. The summed E-state index contributed by atoms with van der Waals surface area (Å²) in [5.74, 6) is 1.73. The molecule has 7 heteroatoms. The molecule has 2 aromatic rings. The average Bonchev–Trinajstić information content (AvgIpc) is 2.85. The smallest absolute Gasteiger partial charge is 0.234 e. The first kappa shape index (κ1) is 13.8. The van der Waals surface area contributed by atoms with Gasteiger partial charge in [-0.3, -0.25) is 4.98 Å². The Morgan fingerprint density at radius 1 is 1.33 bits per heavy atom. The Morgan fingerprint density at radius 2 is 2.19 bits per heavy atom. The van der Waals surface area contributed by atoms with Gasteiger partial charge in [-0.2, -0.15) is 4.98 Å².